The number of Topliss-reactive ketones (excluding diaryl/α,β-unsaturated/α-hetero) is 1. The van der Waals surface area contributed by atoms with Crippen molar-refractivity contribution in [2.45, 2.75) is 29.5 Å². The van der Waals surface area contributed by atoms with Gasteiger partial charge in [-0.3, -0.25) is 14.4 Å². The molecule has 2 aromatic rings. The molecule has 1 aliphatic heterocycles. The first-order chi connectivity index (χ1) is 17.0. The van der Waals surface area contributed by atoms with Crippen LogP contribution in [-0.4, -0.2) is 39.9 Å². The lowest BCUT2D eigenvalue weighted by atomic mass is 9.91. The quantitative estimate of drug-likeness (QED) is 0.204. The van der Waals surface area contributed by atoms with Crippen molar-refractivity contribution in [3.8, 4) is 0 Å². The molecule has 2 amide bonds. The summed E-state index contributed by atoms with van der Waals surface area (Å²) in [5.41, 5.74) is 1.31. The molecule has 36 heavy (non-hydrogen) atoms. The van der Waals surface area contributed by atoms with Crippen LogP contribution in [0, 0.1) is 17.8 Å². The summed E-state index contributed by atoms with van der Waals surface area (Å²) in [6.07, 6.45) is 2.20. The number of likely N-dealkylation sites (tertiary alicyclic amines) is 1. The van der Waals surface area contributed by atoms with E-state index in [0.29, 0.717) is 34.9 Å². The molecular formula is C25H20Cl6N2O3. The molecule has 2 unspecified atom stereocenters. The summed E-state index contributed by atoms with van der Waals surface area (Å²) in [5, 5.41) is 3.76. The third-order valence-corrected chi connectivity index (χ3v) is 9.37. The molecule has 11 heteroatoms. The highest BCUT2D eigenvalue weighted by Gasteiger charge is 2.67. The van der Waals surface area contributed by atoms with Gasteiger partial charge in [-0.05, 0) is 48.7 Å². The number of rotatable bonds is 7. The number of amides is 2. The Bertz CT molecular complexity index is 1250. The molecule has 0 radical (unpaired) electrons. The zero-order valence-electron chi connectivity index (χ0n) is 18.7. The first-order valence-electron chi connectivity index (χ1n) is 11.4. The molecule has 0 spiro atoms. The average Bonchev–Trinajstić information content (AvgIpc) is 3.70. The van der Waals surface area contributed by atoms with Crippen molar-refractivity contribution in [3.63, 3.8) is 0 Å². The van der Waals surface area contributed by atoms with Crippen LogP contribution in [0.25, 0.3) is 0 Å². The number of nitrogens with zero attached hydrogens (tertiary/aromatic N) is 1. The highest BCUT2D eigenvalue weighted by Crippen LogP contribution is 2.65. The summed E-state index contributed by atoms with van der Waals surface area (Å²) in [5.74, 6) is -1.39. The average molecular weight is 609 g/mol. The second-order valence-electron chi connectivity index (χ2n) is 9.62. The van der Waals surface area contributed by atoms with Gasteiger partial charge in [-0.2, -0.15) is 0 Å². The second kappa shape index (κ2) is 9.83. The van der Waals surface area contributed by atoms with Crippen LogP contribution in [0.1, 0.15) is 41.1 Å². The fourth-order valence-corrected chi connectivity index (χ4v) is 6.36. The lowest BCUT2D eigenvalue weighted by Crippen LogP contribution is -2.51. The standard InChI is InChI=1S/C25H20Cl6N2O3/c26-16-4-3-14(8-15(16)19(34)5-11-9-33(10-11)24(36)12-1-2-12)32-23(35)21-20(25(21,30)31)13-6-17(27)22(29)18(28)7-13/h3-4,6-8,11-12,20-21H,1-2,5,9-10H2,(H,32,35). The van der Waals surface area contributed by atoms with Crippen LogP contribution in [0.2, 0.25) is 20.1 Å². The van der Waals surface area contributed by atoms with Gasteiger partial charge in [0.15, 0.2) is 5.78 Å². The zero-order chi connectivity index (χ0) is 25.9. The summed E-state index contributed by atoms with van der Waals surface area (Å²) in [4.78, 5) is 39.9. The lowest BCUT2D eigenvalue weighted by Gasteiger charge is -2.39. The SMILES string of the molecule is O=C(CC1CN(C(=O)C2CC2)C1)c1cc(NC(=O)C2C(c3cc(Cl)c(Cl)c(Cl)c3)C2(Cl)Cl)ccc1Cl. The van der Waals surface area contributed by atoms with E-state index in [9.17, 15) is 14.4 Å². The molecule has 2 saturated carbocycles. The van der Waals surface area contributed by atoms with E-state index >= 15 is 0 Å². The van der Waals surface area contributed by atoms with Crippen molar-refractivity contribution >= 4 is 92.9 Å². The van der Waals surface area contributed by atoms with Gasteiger partial charge < -0.3 is 10.2 Å². The lowest BCUT2D eigenvalue weighted by molar-refractivity contribution is -0.138. The number of anilines is 1. The van der Waals surface area contributed by atoms with Crippen molar-refractivity contribution in [1.29, 1.82) is 0 Å². The summed E-state index contributed by atoms with van der Waals surface area (Å²) >= 11 is 37.4. The number of benzene rings is 2. The van der Waals surface area contributed by atoms with E-state index in [1.807, 2.05) is 4.90 Å². The molecule has 0 bridgehead atoms. The summed E-state index contributed by atoms with van der Waals surface area (Å²) in [6, 6.07) is 7.89. The molecule has 3 aliphatic rings. The van der Waals surface area contributed by atoms with Crippen LogP contribution in [0.15, 0.2) is 30.3 Å². The number of nitrogens with one attached hydrogen (secondary N) is 1. The number of alkyl halides is 2. The topological polar surface area (TPSA) is 66.5 Å². The second-order valence-corrected chi connectivity index (χ2v) is 12.7. The molecule has 5 nitrogen and oxygen atoms in total. The molecule has 1 heterocycles. The summed E-state index contributed by atoms with van der Waals surface area (Å²) < 4.78 is -1.36. The number of carbonyl (C=O) groups excluding carboxylic acids is 3. The molecule has 1 N–H and O–H groups in total. The fourth-order valence-electron chi connectivity index (χ4n) is 4.70. The van der Waals surface area contributed by atoms with Crippen LogP contribution in [-0.2, 0) is 9.59 Å². The number of hydrogen-bond donors (Lipinski definition) is 1. The number of carbonyl (C=O) groups is 3. The van der Waals surface area contributed by atoms with E-state index in [0.717, 1.165) is 12.8 Å². The van der Waals surface area contributed by atoms with Gasteiger partial charge in [-0.15, -0.1) is 23.2 Å². The number of ketones is 1. The molecule has 1 saturated heterocycles. The van der Waals surface area contributed by atoms with Crippen LogP contribution in [0.4, 0.5) is 5.69 Å². The maximum Gasteiger partial charge on any atom is 0.231 e. The monoisotopic (exact) mass is 606 g/mol. The minimum atomic E-state index is -1.36. The van der Waals surface area contributed by atoms with Gasteiger partial charge in [0, 0.05) is 48.5 Å². The molecule has 190 valence electrons. The Labute approximate surface area is 238 Å². The third-order valence-electron chi connectivity index (χ3n) is 6.91. The van der Waals surface area contributed by atoms with E-state index in [2.05, 4.69) is 5.32 Å². The minimum Gasteiger partial charge on any atom is -0.342 e. The number of hydrogen-bond acceptors (Lipinski definition) is 3. The van der Waals surface area contributed by atoms with E-state index in [1.54, 1.807) is 30.3 Å². The highest BCUT2D eigenvalue weighted by molar-refractivity contribution is 6.54. The van der Waals surface area contributed by atoms with Crippen molar-refractivity contribution in [2.75, 3.05) is 18.4 Å². The predicted octanol–water partition coefficient (Wildman–Crippen LogP) is 7.27. The van der Waals surface area contributed by atoms with Crippen LogP contribution >= 0.6 is 69.6 Å². The molecule has 3 fully saturated rings. The van der Waals surface area contributed by atoms with Gasteiger partial charge in [-0.1, -0.05) is 46.4 Å². The van der Waals surface area contributed by atoms with Gasteiger partial charge in [-0.25, -0.2) is 0 Å². The minimum absolute atomic E-state index is 0.105. The Morgan fingerprint density at radius 1 is 0.944 bits per heavy atom. The van der Waals surface area contributed by atoms with Gasteiger partial charge in [0.25, 0.3) is 0 Å². The molecule has 0 aromatic heterocycles. The van der Waals surface area contributed by atoms with E-state index in [4.69, 9.17) is 69.6 Å². The Hall–Kier alpha value is -1.21. The summed E-state index contributed by atoms with van der Waals surface area (Å²) in [6.45, 7) is 1.18. The largest absolute Gasteiger partial charge is 0.342 e. The fraction of sp³-hybridized carbons (Fsp3) is 0.400. The van der Waals surface area contributed by atoms with Gasteiger partial charge in [0.1, 0.15) is 4.33 Å². The van der Waals surface area contributed by atoms with Crippen molar-refractivity contribution in [2.24, 2.45) is 17.8 Å². The number of halogens is 6. The molecular weight excluding hydrogens is 589 g/mol. The first-order valence-corrected chi connectivity index (χ1v) is 13.7. The Balaban J connectivity index is 1.23. The Morgan fingerprint density at radius 2 is 1.58 bits per heavy atom. The molecule has 2 atom stereocenters. The van der Waals surface area contributed by atoms with Crippen molar-refractivity contribution in [1.82, 2.24) is 4.90 Å². The van der Waals surface area contributed by atoms with Crippen LogP contribution in [0.3, 0.4) is 0 Å². The molecule has 2 aromatic carbocycles. The van der Waals surface area contributed by atoms with E-state index < -0.39 is 22.1 Å². The first kappa shape index (κ1) is 26.4. The van der Waals surface area contributed by atoms with E-state index in [1.165, 1.54) is 0 Å². The predicted molar refractivity (Wildman–Crippen MR) is 144 cm³/mol. The Morgan fingerprint density at radius 3 is 2.19 bits per heavy atom. The highest BCUT2D eigenvalue weighted by atomic mass is 35.5. The summed E-state index contributed by atoms with van der Waals surface area (Å²) in [7, 11) is 0. The van der Waals surface area contributed by atoms with Crippen molar-refractivity contribution < 1.29 is 14.4 Å². The van der Waals surface area contributed by atoms with E-state index in [-0.39, 0.29) is 45.0 Å². The molecule has 2 aliphatic carbocycles. The maximum absolute atomic E-state index is 13.0. The van der Waals surface area contributed by atoms with Gasteiger partial charge in [0.05, 0.1) is 26.0 Å². The van der Waals surface area contributed by atoms with Gasteiger partial charge in [0.2, 0.25) is 11.8 Å². The zero-order valence-corrected chi connectivity index (χ0v) is 23.2. The Kier molecular flexibility index (Phi) is 7.21. The third kappa shape index (κ3) is 5.08. The normalized spacial score (nSPS) is 22.7. The van der Waals surface area contributed by atoms with Crippen LogP contribution < -0.4 is 5.32 Å². The van der Waals surface area contributed by atoms with Crippen molar-refractivity contribution in [3.05, 3.63) is 61.5 Å². The maximum atomic E-state index is 13.0. The molecule has 5 rings (SSSR count). The van der Waals surface area contributed by atoms with Crippen LogP contribution in [0.5, 0.6) is 0 Å². The smallest absolute Gasteiger partial charge is 0.231 e. The van der Waals surface area contributed by atoms with Gasteiger partial charge >= 0.3 is 0 Å².